The zero-order chi connectivity index (χ0) is 16.5. The molecule has 0 bridgehead atoms. The first kappa shape index (κ1) is 14.6. The van der Waals surface area contributed by atoms with Gasteiger partial charge in [0.25, 0.3) is 0 Å². The number of amides is 1. The van der Waals surface area contributed by atoms with E-state index in [-0.39, 0.29) is 11.9 Å². The Hall–Kier alpha value is -3.02. The lowest BCUT2D eigenvalue weighted by Gasteiger charge is -2.31. The van der Waals surface area contributed by atoms with Gasteiger partial charge in [-0.1, -0.05) is 30.3 Å². The van der Waals surface area contributed by atoms with Crippen LogP contribution in [0.2, 0.25) is 0 Å². The SMILES string of the molecule is CN1Cc2nnc(-c3cccnc3)n2[C@H](Cc2ccccc2)C1=O. The number of aromatic nitrogens is 4. The van der Waals surface area contributed by atoms with Gasteiger partial charge in [-0.25, -0.2) is 0 Å². The van der Waals surface area contributed by atoms with Gasteiger partial charge in [-0.05, 0) is 17.7 Å². The Balaban J connectivity index is 1.80. The monoisotopic (exact) mass is 319 g/mol. The number of pyridine rings is 1. The van der Waals surface area contributed by atoms with E-state index in [4.69, 9.17) is 0 Å². The Morgan fingerprint density at radius 2 is 1.96 bits per heavy atom. The molecule has 1 aliphatic rings. The van der Waals surface area contributed by atoms with Crippen molar-refractivity contribution >= 4 is 5.91 Å². The lowest BCUT2D eigenvalue weighted by atomic mass is 10.0. The Kier molecular flexibility index (Phi) is 3.57. The third-order valence-corrected chi connectivity index (χ3v) is 4.31. The van der Waals surface area contributed by atoms with Crippen LogP contribution in [0, 0.1) is 0 Å². The molecule has 0 radical (unpaired) electrons. The standard InChI is InChI=1S/C18H17N5O/c1-22-12-16-20-21-17(14-8-5-9-19-11-14)23(16)15(18(22)24)10-13-6-3-2-4-7-13/h2-9,11,15H,10,12H2,1H3/t15-/m1/s1. The fourth-order valence-corrected chi connectivity index (χ4v) is 3.12. The van der Waals surface area contributed by atoms with E-state index in [0.29, 0.717) is 18.8 Å². The third-order valence-electron chi connectivity index (χ3n) is 4.31. The minimum absolute atomic E-state index is 0.0799. The lowest BCUT2D eigenvalue weighted by molar-refractivity contribution is -0.135. The number of likely N-dealkylation sites (N-methyl/N-ethyl adjacent to an activating group) is 1. The van der Waals surface area contributed by atoms with Gasteiger partial charge in [-0.2, -0.15) is 0 Å². The first-order valence-corrected chi connectivity index (χ1v) is 7.87. The summed E-state index contributed by atoms with van der Waals surface area (Å²) in [6.45, 7) is 0.470. The molecule has 1 amide bonds. The molecule has 0 N–H and O–H groups in total. The largest absolute Gasteiger partial charge is 0.336 e. The van der Waals surface area contributed by atoms with Crippen molar-refractivity contribution in [2.24, 2.45) is 0 Å². The molecule has 6 heteroatoms. The molecule has 1 atom stereocenters. The van der Waals surface area contributed by atoms with Gasteiger partial charge in [0, 0.05) is 31.4 Å². The molecule has 0 aliphatic carbocycles. The average Bonchev–Trinajstić information content (AvgIpc) is 3.04. The van der Waals surface area contributed by atoms with Crippen LogP contribution in [0.5, 0.6) is 0 Å². The summed E-state index contributed by atoms with van der Waals surface area (Å²) < 4.78 is 1.96. The second kappa shape index (κ2) is 5.88. The van der Waals surface area contributed by atoms with Crippen LogP contribution < -0.4 is 0 Å². The van der Waals surface area contributed by atoms with E-state index < -0.39 is 0 Å². The molecule has 120 valence electrons. The summed E-state index contributed by atoms with van der Waals surface area (Å²) in [6.07, 6.45) is 4.08. The lowest BCUT2D eigenvalue weighted by Crippen LogP contribution is -2.41. The molecule has 6 nitrogen and oxygen atoms in total. The molecule has 3 heterocycles. The molecule has 3 aromatic rings. The van der Waals surface area contributed by atoms with Crippen molar-refractivity contribution in [3.63, 3.8) is 0 Å². The van der Waals surface area contributed by atoms with Crippen LogP contribution in [-0.4, -0.2) is 37.6 Å². The van der Waals surface area contributed by atoms with Crippen LogP contribution in [-0.2, 0) is 17.8 Å². The van der Waals surface area contributed by atoms with E-state index in [1.54, 1.807) is 17.3 Å². The third kappa shape index (κ3) is 2.46. The van der Waals surface area contributed by atoms with Crippen molar-refractivity contribution in [2.45, 2.75) is 19.0 Å². The van der Waals surface area contributed by atoms with Crippen molar-refractivity contribution in [1.82, 2.24) is 24.6 Å². The first-order valence-electron chi connectivity index (χ1n) is 7.87. The van der Waals surface area contributed by atoms with Crippen molar-refractivity contribution < 1.29 is 4.79 Å². The molecule has 1 aliphatic heterocycles. The van der Waals surface area contributed by atoms with Gasteiger partial charge >= 0.3 is 0 Å². The van der Waals surface area contributed by atoms with Gasteiger partial charge in [-0.3, -0.25) is 14.3 Å². The zero-order valence-electron chi connectivity index (χ0n) is 13.3. The molecule has 0 saturated carbocycles. The second-order valence-electron chi connectivity index (χ2n) is 5.95. The normalized spacial score (nSPS) is 17.0. The van der Waals surface area contributed by atoms with E-state index in [0.717, 1.165) is 17.0 Å². The molecular formula is C18H17N5O. The van der Waals surface area contributed by atoms with Gasteiger partial charge in [0.2, 0.25) is 5.91 Å². The molecule has 4 rings (SSSR count). The number of fused-ring (bicyclic) bond motifs is 1. The van der Waals surface area contributed by atoms with Gasteiger partial charge < -0.3 is 4.90 Å². The molecule has 0 fully saturated rings. The summed E-state index contributed by atoms with van der Waals surface area (Å²) in [6, 6.07) is 13.5. The number of rotatable bonds is 3. The predicted molar refractivity (Wildman–Crippen MR) is 88.9 cm³/mol. The van der Waals surface area contributed by atoms with E-state index >= 15 is 0 Å². The molecule has 0 unspecified atom stereocenters. The van der Waals surface area contributed by atoms with E-state index in [2.05, 4.69) is 15.2 Å². The molecule has 0 saturated heterocycles. The quantitative estimate of drug-likeness (QED) is 0.741. The molecule has 24 heavy (non-hydrogen) atoms. The number of carbonyl (C=O) groups excluding carboxylic acids is 1. The highest BCUT2D eigenvalue weighted by Gasteiger charge is 2.34. The van der Waals surface area contributed by atoms with Gasteiger partial charge in [-0.15, -0.1) is 10.2 Å². The number of hydrogen-bond acceptors (Lipinski definition) is 4. The molecular weight excluding hydrogens is 302 g/mol. The van der Waals surface area contributed by atoms with Gasteiger partial charge in [0.15, 0.2) is 11.6 Å². The fourth-order valence-electron chi connectivity index (χ4n) is 3.12. The summed E-state index contributed by atoms with van der Waals surface area (Å²) in [4.78, 5) is 18.7. The van der Waals surface area contributed by atoms with Crippen molar-refractivity contribution in [3.05, 3.63) is 66.2 Å². The van der Waals surface area contributed by atoms with Crippen molar-refractivity contribution in [3.8, 4) is 11.4 Å². The fraction of sp³-hybridized carbons (Fsp3) is 0.222. The van der Waals surface area contributed by atoms with Crippen LogP contribution >= 0.6 is 0 Å². The molecule has 1 aromatic carbocycles. The summed E-state index contributed by atoms with van der Waals surface area (Å²) in [7, 11) is 1.81. The maximum Gasteiger partial charge on any atom is 0.246 e. The van der Waals surface area contributed by atoms with E-state index in [1.807, 2.05) is 54.1 Å². The van der Waals surface area contributed by atoms with Gasteiger partial charge in [0.05, 0.1) is 6.54 Å². The predicted octanol–water partition coefficient (Wildman–Crippen LogP) is 2.10. The van der Waals surface area contributed by atoms with Crippen LogP contribution in [0.4, 0.5) is 0 Å². The second-order valence-corrected chi connectivity index (χ2v) is 5.95. The maximum absolute atomic E-state index is 12.8. The number of carbonyl (C=O) groups is 1. The smallest absolute Gasteiger partial charge is 0.246 e. The molecule has 0 spiro atoms. The Morgan fingerprint density at radius 3 is 2.71 bits per heavy atom. The van der Waals surface area contributed by atoms with Gasteiger partial charge in [0.1, 0.15) is 6.04 Å². The van der Waals surface area contributed by atoms with E-state index in [1.165, 1.54) is 0 Å². The van der Waals surface area contributed by atoms with Crippen molar-refractivity contribution in [2.75, 3.05) is 7.05 Å². The highest BCUT2D eigenvalue weighted by molar-refractivity contribution is 5.82. The van der Waals surface area contributed by atoms with E-state index in [9.17, 15) is 4.79 Å². The number of benzene rings is 1. The number of hydrogen-bond donors (Lipinski definition) is 0. The highest BCUT2D eigenvalue weighted by atomic mass is 16.2. The minimum Gasteiger partial charge on any atom is -0.336 e. The highest BCUT2D eigenvalue weighted by Crippen LogP contribution is 2.29. The maximum atomic E-state index is 12.8. The van der Waals surface area contributed by atoms with Crippen LogP contribution in [0.3, 0.4) is 0 Å². The zero-order valence-corrected chi connectivity index (χ0v) is 13.3. The van der Waals surface area contributed by atoms with Crippen LogP contribution in [0.1, 0.15) is 17.4 Å². The Morgan fingerprint density at radius 1 is 1.12 bits per heavy atom. The minimum atomic E-state index is -0.341. The van der Waals surface area contributed by atoms with Crippen LogP contribution in [0.15, 0.2) is 54.9 Å². The first-order chi connectivity index (χ1) is 11.7. The average molecular weight is 319 g/mol. The Bertz CT molecular complexity index is 860. The summed E-state index contributed by atoms with van der Waals surface area (Å²) >= 11 is 0. The topological polar surface area (TPSA) is 63.9 Å². The number of nitrogens with zero attached hydrogens (tertiary/aromatic N) is 5. The summed E-state index contributed by atoms with van der Waals surface area (Å²) in [5, 5.41) is 8.62. The Labute approximate surface area is 139 Å². The molecule has 2 aromatic heterocycles. The van der Waals surface area contributed by atoms with Crippen molar-refractivity contribution in [1.29, 1.82) is 0 Å². The summed E-state index contributed by atoms with van der Waals surface area (Å²) in [5.41, 5.74) is 1.98. The van der Waals surface area contributed by atoms with Crippen LogP contribution in [0.25, 0.3) is 11.4 Å². The summed E-state index contributed by atoms with van der Waals surface area (Å²) in [5.74, 6) is 1.58.